The van der Waals surface area contributed by atoms with Gasteiger partial charge in [0.1, 0.15) is 18.4 Å². The Labute approximate surface area is 259 Å². The van der Waals surface area contributed by atoms with Gasteiger partial charge < -0.3 is 10.2 Å². The Morgan fingerprint density at radius 1 is 0.841 bits per heavy atom. The molecule has 0 fully saturated rings. The minimum Gasteiger partial charge on any atom is -0.352 e. The molecule has 0 spiro atoms. The lowest BCUT2D eigenvalue weighted by Crippen LogP contribution is -2.54. The molecule has 1 N–H and O–H groups in total. The number of amides is 2. The molecule has 0 saturated carbocycles. The lowest BCUT2D eigenvalue weighted by atomic mass is 10.0. The van der Waals surface area contributed by atoms with Gasteiger partial charge in [-0.25, -0.2) is 12.8 Å². The first-order chi connectivity index (χ1) is 21.1. The van der Waals surface area contributed by atoms with Gasteiger partial charge in [0, 0.05) is 19.0 Å². The first-order valence-corrected chi connectivity index (χ1v) is 16.1. The normalized spacial score (nSPS) is 12.6. The highest BCUT2D eigenvalue weighted by molar-refractivity contribution is 7.92. The van der Waals surface area contributed by atoms with E-state index in [1.54, 1.807) is 18.2 Å². The van der Waals surface area contributed by atoms with E-state index in [9.17, 15) is 22.4 Å². The van der Waals surface area contributed by atoms with Crippen LogP contribution in [-0.2, 0) is 32.6 Å². The Morgan fingerprint density at radius 2 is 1.43 bits per heavy atom. The fraction of sp³-hybridized carbons (Fsp3) is 0.257. The minimum atomic E-state index is -4.24. The van der Waals surface area contributed by atoms with Crippen molar-refractivity contribution in [3.8, 4) is 0 Å². The summed E-state index contributed by atoms with van der Waals surface area (Å²) in [7, 11) is -4.24. The lowest BCUT2D eigenvalue weighted by Gasteiger charge is -2.34. The lowest BCUT2D eigenvalue weighted by molar-refractivity contribution is -0.140. The third-order valence-electron chi connectivity index (χ3n) is 7.60. The second-order valence-corrected chi connectivity index (χ2v) is 12.6. The van der Waals surface area contributed by atoms with Gasteiger partial charge in [0.15, 0.2) is 0 Å². The number of nitrogens with one attached hydrogen (secondary N) is 1. The van der Waals surface area contributed by atoms with Crippen LogP contribution in [0.2, 0.25) is 0 Å². The van der Waals surface area contributed by atoms with Crippen molar-refractivity contribution in [2.45, 2.75) is 57.1 Å². The molecule has 0 aromatic heterocycles. The van der Waals surface area contributed by atoms with Crippen LogP contribution in [0.15, 0.2) is 114 Å². The van der Waals surface area contributed by atoms with Gasteiger partial charge in [0.2, 0.25) is 11.8 Å². The monoisotopic (exact) mass is 615 g/mol. The summed E-state index contributed by atoms with van der Waals surface area (Å²) in [5, 5.41) is 3.03. The Morgan fingerprint density at radius 3 is 2.05 bits per heavy atom. The number of carbonyl (C=O) groups is 2. The van der Waals surface area contributed by atoms with Crippen LogP contribution in [0, 0.1) is 12.7 Å². The summed E-state index contributed by atoms with van der Waals surface area (Å²) in [6, 6.07) is 28.6. The van der Waals surface area contributed by atoms with Gasteiger partial charge in [-0.15, -0.1) is 0 Å². The molecule has 2 atom stereocenters. The van der Waals surface area contributed by atoms with Crippen LogP contribution in [0.5, 0.6) is 0 Å². The van der Waals surface area contributed by atoms with E-state index >= 15 is 0 Å². The summed E-state index contributed by atoms with van der Waals surface area (Å²) in [5.74, 6) is -1.44. The molecular formula is C35H38FN3O4S. The zero-order chi connectivity index (χ0) is 31.7. The average molecular weight is 616 g/mol. The number of aryl methyl sites for hydroxylation is 1. The van der Waals surface area contributed by atoms with Crippen LogP contribution in [0.25, 0.3) is 0 Å². The maximum absolute atomic E-state index is 14.4. The van der Waals surface area contributed by atoms with Gasteiger partial charge in [-0.1, -0.05) is 79.7 Å². The van der Waals surface area contributed by atoms with Gasteiger partial charge in [-0.05, 0) is 73.4 Å². The third kappa shape index (κ3) is 8.11. The standard InChI is InChI=1S/C35H38FN3O4S/c1-4-27(3)37-35(41)33(23-28-14-7-5-8-15-28)38(24-29-16-12-11-13-26(29)2)34(40)25-39(31-21-19-30(36)20-22-31)44(42,43)32-17-9-6-10-18-32/h5-22,27,33H,4,23-25H2,1-3H3,(H,37,41)/t27-,33-/m1/s1. The topological polar surface area (TPSA) is 86.8 Å². The van der Waals surface area contributed by atoms with Crippen molar-refractivity contribution in [2.24, 2.45) is 0 Å². The molecule has 7 nitrogen and oxygen atoms in total. The summed E-state index contributed by atoms with van der Waals surface area (Å²) < 4.78 is 42.8. The maximum atomic E-state index is 14.4. The van der Waals surface area contributed by atoms with E-state index in [0.717, 1.165) is 33.1 Å². The molecule has 230 valence electrons. The van der Waals surface area contributed by atoms with Gasteiger partial charge in [0.25, 0.3) is 10.0 Å². The third-order valence-corrected chi connectivity index (χ3v) is 9.39. The summed E-state index contributed by atoms with van der Waals surface area (Å²) >= 11 is 0. The fourth-order valence-electron chi connectivity index (χ4n) is 4.82. The van der Waals surface area contributed by atoms with E-state index in [1.165, 1.54) is 29.2 Å². The molecule has 0 saturated heterocycles. The maximum Gasteiger partial charge on any atom is 0.264 e. The van der Waals surface area contributed by atoms with Crippen molar-refractivity contribution >= 4 is 27.5 Å². The van der Waals surface area contributed by atoms with Crippen molar-refractivity contribution in [1.29, 1.82) is 0 Å². The highest BCUT2D eigenvalue weighted by atomic mass is 32.2. The minimum absolute atomic E-state index is 0.0158. The molecule has 4 aromatic rings. The van der Waals surface area contributed by atoms with E-state index < -0.39 is 34.3 Å². The fourth-order valence-corrected chi connectivity index (χ4v) is 6.26. The molecule has 4 rings (SSSR count). The average Bonchev–Trinajstić information content (AvgIpc) is 3.03. The first-order valence-electron chi connectivity index (χ1n) is 14.6. The van der Waals surface area contributed by atoms with Crippen LogP contribution in [0.3, 0.4) is 0 Å². The molecule has 4 aromatic carbocycles. The molecule has 9 heteroatoms. The number of hydrogen-bond acceptors (Lipinski definition) is 4. The molecule has 2 amide bonds. The molecular weight excluding hydrogens is 577 g/mol. The van der Waals surface area contributed by atoms with Crippen LogP contribution in [0.4, 0.5) is 10.1 Å². The molecule has 44 heavy (non-hydrogen) atoms. The van der Waals surface area contributed by atoms with E-state index in [-0.39, 0.29) is 35.5 Å². The SMILES string of the molecule is CC[C@@H](C)NC(=O)[C@@H](Cc1ccccc1)N(Cc1ccccc1C)C(=O)CN(c1ccc(F)cc1)S(=O)(=O)c1ccccc1. The summed E-state index contributed by atoms with van der Waals surface area (Å²) in [4.78, 5) is 29.8. The number of sulfonamides is 1. The van der Waals surface area contributed by atoms with Crippen molar-refractivity contribution in [2.75, 3.05) is 10.8 Å². The zero-order valence-corrected chi connectivity index (χ0v) is 26.0. The number of halogens is 1. The Balaban J connectivity index is 1.80. The number of rotatable bonds is 13. The Hall–Kier alpha value is -4.50. The van der Waals surface area contributed by atoms with E-state index in [4.69, 9.17) is 0 Å². The van der Waals surface area contributed by atoms with Crippen LogP contribution >= 0.6 is 0 Å². The molecule has 0 bridgehead atoms. The van der Waals surface area contributed by atoms with Crippen molar-refractivity contribution < 1.29 is 22.4 Å². The summed E-state index contributed by atoms with van der Waals surface area (Å²) in [5.41, 5.74) is 2.74. The van der Waals surface area contributed by atoms with Crippen molar-refractivity contribution in [3.05, 3.63) is 132 Å². The van der Waals surface area contributed by atoms with Crippen LogP contribution in [-0.4, -0.2) is 43.8 Å². The molecule has 0 aliphatic heterocycles. The number of benzene rings is 4. The first kappa shape index (κ1) is 32.4. The number of anilines is 1. The summed E-state index contributed by atoms with van der Waals surface area (Å²) in [6.45, 7) is 5.26. The molecule has 0 aliphatic carbocycles. The Bertz CT molecular complexity index is 1650. The van der Waals surface area contributed by atoms with E-state index in [1.807, 2.05) is 75.4 Å². The summed E-state index contributed by atoms with van der Waals surface area (Å²) in [6.07, 6.45) is 0.923. The van der Waals surface area contributed by atoms with E-state index in [2.05, 4.69) is 5.32 Å². The zero-order valence-electron chi connectivity index (χ0n) is 25.2. The van der Waals surface area contributed by atoms with Crippen LogP contribution in [0.1, 0.15) is 37.0 Å². The number of nitrogens with zero attached hydrogens (tertiary/aromatic N) is 2. The van der Waals surface area contributed by atoms with Gasteiger partial charge in [-0.2, -0.15) is 0 Å². The van der Waals surface area contributed by atoms with Crippen molar-refractivity contribution in [1.82, 2.24) is 10.2 Å². The molecule has 0 heterocycles. The van der Waals surface area contributed by atoms with Crippen LogP contribution < -0.4 is 9.62 Å². The second kappa shape index (κ2) is 14.8. The van der Waals surface area contributed by atoms with E-state index in [0.29, 0.717) is 6.42 Å². The second-order valence-electron chi connectivity index (χ2n) is 10.8. The molecule has 0 unspecified atom stereocenters. The number of carbonyl (C=O) groups excluding carboxylic acids is 2. The largest absolute Gasteiger partial charge is 0.352 e. The quantitative estimate of drug-likeness (QED) is 0.203. The van der Waals surface area contributed by atoms with Crippen molar-refractivity contribution in [3.63, 3.8) is 0 Å². The predicted octanol–water partition coefficient (Wildman–Crippen LogP) is 5.88. The highest BCUT2D eigenvalue weighted by Gasteiger charge is 2.35. The number of hydrogen-bond donors (Lipinski definition) is 1. The smallest absolute Gasteiger partial charge is 0.264 e. The van der Waals surface area contributed by atoms with Gasteiger partial charge >= 0.3 is 0 Å². The van der Waals surface area contributed by atoms with Gasteiger partial charge in [-0.3, -0.25) is 13.9 Å². The predicted molar refractivity (Wildman–Crippen MR) is 171 cm³/mol. The Kier molecular flexibility index (Phi) is 10.9. The molecule has 0 radical (unpaired) electrons. The highest BCUT2D eigenvalue weighted by Crippen LogP contribution is 2.25. The molecule has 0 aliphatic rings. The van der Waals surface area contributed by atoms with Gasteiger partial charge in [0.05, 0.1) is 10.6 Å².